The van der Waals surface area contributed by atoms with E-state index in [0.29, 0.717) is 5.11 Å². The largest absolute Gasteiger partial charge is 0.376 e. The zero-order valence-electron chi connectivity index (χ0n) is 12.3. The first kappa shape index (κ1) is 14.9. The number of nitrogens with one attached hydrogen (secondary N) is 2. The molecule has 0 radical (unpaired) electrons. The molecule has 2 aromatic carbocycles. The van der Waals surface area contributed by atoms with Crippen LogP contribution in [0.3, 0.4) is 0 Å². The topological polar surface area (TPSA) is 45.6 Å². The Morgan fingerprint density at radius 1 is 1.27 bits per heavy atom. The smallest absolute Gasteiger partial charge is 0.187 e. The number of benzene rings is 2. The Bertz CT molecular complexity index is 680. The third kappa shape index (κ3) is 4.02. The summed E-state index contributed by atoms with van der Waals surface area (Å²) in [5, 5.41) is 10.2. The predicted octanol–water partition coefficient (Wildman–Crippen LogP) is 2.82. The Labute approximate surface area is 135 Å². The van der Waals surface area contributed by atoms with E-state index in [0.717, 1.165) is 31.6 Å². The van der Waals surface area contributed by atoms with Crippen LogP contribution in [0.4, 0.5) is 0 Å². The molecule has 0 aromatic heterocycles. The molecule has 0 bridgehead atoms. The first-order valence-corrected chi connectivity index (χ1v) is 7.89. The lowest BCUT2D eigenvalue weighted by Crippen LogP contribution is -2.37. The van der Waals surface area contributed by atoms with Crippen molar-refractivity contribution >= 4 is 34.3 Å². The SMILES string of the molecule is S=C(NC[C@H]1CCCO1)NN=Cc1ccc2ccccc2c1. The average molecular weight is 313 g/mol. The molecule has 3 rings (SSSR count). The number of hydrogen-bond acceptors (Lipinski definition) is 3. The molecule has 1 aliphatic heterocycles. The molecular weight excluding hydrogens is 294 g/mol. The zero-order valence-corrected chi connectivity index (χ0v) is 13.1. The molecule has 0 amide bonds. The Morgan fingerprint density at radius 2 is 2.14 bits per heavy atom. The van der Waals surface area contributed by atoms with E-state index in [1.165, 1.54) is 10.8 Å². The van der Waals surface area contributed by atoms with Crippen LogP contribution in [0.5, 0.6) is 0 Å². The molecular formula is C17H19N3OS. The van der Waals surface area contributed by atoms with Gasteiger partial charge in [0.2, 0.25) is 0 Å². The summed E-state index contributed by atoms with van der Waals surface area (Å²) in [5.74, 6) is 0. The van der Waals surface area contributed by atoms with Crippen molar-refractivity contribution in [3.63, 3.8) is 0 Å². The lowest BCUT2D eigenvalue weighted by atomic mass is 10.1. The van der Waals surface area contributed by atoms with E-state index in [1.54, 1.807) is 6.21 Å². The highest BCUT2D eigenvalue weighted by molar-refractivity contribution is 7.80. The van der Waals surface area contributed by atoms with Crippen molar-refractivity contribution in [3.05, 3.63) is 48.0 Å². The molecule has 5 heteroatoms. The number of nitrogens with zero attached hydrogens (tertiary/aromatic N) is 1. The highest BCUT2D eigenvalue weighted by Gasteiger charge is 2.14. The Balaban J connectivity index is 1.50. The van der Waals surface area contributed by atoms with E-state index in [2.05, 4.69) is 40.1 Å². The lowest BCUT2D eigenvalue weighted by Gasteiger charge is -2.11. The van der Waals surface area contributed by atoms with Crippen molar-refractivity contribution in [2.45, 2.75) is 18.9 Å². The van der Waals surface area contributed by atoms with E-state index < -0.39 is 0 Å². The van der Waals surface area contributed by atoms with Gasteiger partial charge in [0.25, 0.3) is 0 Å². The second-order valence-corrected chi connectivity index (χ2v) is 5.73. The van der Waals surface area contributed by atoms with Gasteiger partial charge in [0.1, 0.15) is 0 Å². The molecule has 1 aliphatic rings. The van der Waals surface area contributed by atoms with Crippen molar-refractivity contribution in [1.82, 2.24) is 10.7 Å². The summed E-state index contributed by atoms with van der Waals surface area (Å²) in [6.07, 6.45) is 4.26. The quantitative estimate of drug-likeness (QED) is 0.518. The van der Waals surface area contributed by atoms with Crippen LogP contribution in [0.2, 0.25) is 0 Å². The summed E-state index contributed by atoms with van der Waals surface area (Å²) < 4.78 is 5.53. The molecule has 0 saturated carbocycles. The summed E-state index contributed by atoms with van der Waals surface area (Å²) in [6, 6.07) is 14.5. The number of rotatable bonds is 4. The van der Waals surface area contributed by atoms with Gasteiger partial charge in [0.15, 0.2) is 5.11 Å². The van der Waals surface area contributed by atoms with Crippen LogP contribution in [0.15, 0.2) is 47.6 Å². The number of ether oxygens (including phenoxy) is 1. The molecule has 0 aliphatic carbocycles. The molecule has 1 saturated heterocycles. The van der Waals surface area contributed by atoms with Gasteiger partial charge in [-0.15, -0.1) is 0 Å². The van der Waals surface area contributed by atoms with Crippen LogP contribution >= 0.6 is 12.2 Å². The molecule has 4 nitrogen and oxygen atoms in total. The van der Waals surface area contributed by atoms with E-state index in [9.17, 15) is 0 Å². The molecule has 2 aromatic rings. The normalized spacial score (nSPS) is 17.9. The molecule has 1 fully saturated rings. The van der Waals surface area contributed by atoms with E-state index >= 15 is 0 Å². The van der Waals surface area contributed by atoms with Crippen LogP contribution in [0, 0.1) is 0 Å². The number of fused-ring (bicyclic) bond motifs is 1. The van der Waals surface area contributed by atoms with Crippen LogP contribution in [0.25, 0.3) is 10.8 Å². The van der Waals surface area contributed by atoms with Gasteiger partial charge in [-0.1, -0.05) is 36.4 Å². The van der Waals surface area contributed by atoms with Crippen LogP contribution < -0.4 is 10.7 Å². The van der Waals surface area contributed by atoms with Gasteiger partial charge in [0, 0.05) is 13.2 Å². The fourth-order valence-corrected chi connectivity index (χ4v) is 2.64. The minimum Gasteiger partial charge on any atom is -0.376 e. The average Bonchev–Trinajstić information content (AvgIpc) is 3.06. The molecule has 1 heterocycles. The van der Waals surface area contributed by atoms with Gasteiger partial charge >= 0.3 is 0 Å². The number of thiocarbonyl (C=S) groups is 1. The maximum atomic E-state index is 5.53. The predicted molar refractivity (Wildman–Crippen MR) is 94.3 cm³/mol. The minimum absolute atomic E-state index is 0.268. The fraction of sp³-hybridized carbons (Fsp3) is 0.294. The summed E-state index contributed by atoms with van der Waals surface area (Å²) in [7, 11) is 0. The first-order valence-electron chi connectivity index (χ1n) is 7.48. The zero-order chi connectivity index (χ0) is 15.2. The van der Waals surface area contributed by atoms with Crippen molar-refractivity contribution in [3.8, 4) is 0 Å². The molecule has 0 unspecified atom stereocenters. The highest BCUT2D eigenvalue weighted by atomic mass is 32.1. The molecule has 0 spiro atoms. The van der Waals surface area contributed by atoms with Gasteiger partial charge in [-0.25, -0.2) is 0 Å². The first-order chi connectivity index (χ1) is 10.8. The minimum atomic E-state index is 0.268. The standard InChI is InChI=1S/C17H19N3OS/c22-17(18-12-16-6-3-9-21-16)20-19-11-13-7-8-14-4-1-2-5-15(14)10-13/h1-2,4-5,7-8,10-11,16H,3,6,9,12H2,(H2,18,20,22)/t16-/m1/s1. The Kier molecular flexibility index (Phi) is 4.98. The van der Waals surface area contributed by atoms with Crippen molar-refractivity contribution < 1.29 is 4.74 Å². The van der Waals surface area contributed by atoms with Gasteiger partial charge in [-0.2, -0.15) is 5.10 Å². The Morgan fingerprint density at radius 3 is 2.95 bits per heavy atom. The summed E-state index contributed by atoms with van der Waals surface area (Å²) in [4.78, 5) is 0. The van der Waals surface area contributed by atoms with Gasteiger partial charge in [0.05, 0.1) is 12.3 Å². The van der Waals surface area contributed by atoms with E-state index in [-0.39, 0.29) is 6.10 Å². The second-order valence-electron chi connectivity index (χ2n) is 5.32. The summed E-state index contributed by atoms with van der Waals surface area (Å²) in [6.45, 7) is 1.59. The van der Waals surface area contributed by atoms with E-state index in [4.69, 9.17) is 17.0 Å². The molecule has 114 valence electrons. The maximum Gasteiger partial charge on any atom is 0.187 e. The van der Waals surface area contributed by atoms with Gasteiger partial charge < -0.3 is 10.1 Å². The third-order valence-corrected chi connectivity index (χ3v) is 3.90. The van der Waals surface area contributed by atoms with Crippen LogP contribution in [-0.4, -0.2) is 30.6 Å². The van der Waals surface area contributed by atoms with Crippen molar-refractivity contribution in [1.29, 1.82) is 0 Å². The lowest BCUT2D eigenvalue weighted by molar-refractivity contribution is 0.114. The van der Waals surface area contributed by atoms with Crippen LogP contribution in [0.1, 0.15) is 18.4 Å². The highest BCUT2D eigenvalue weighted by Crippen LogP contribution is 2.14. The maximum absolute atomic E-state index is 5.53. The van der Waals surface area contributed by atoms with Crippen molar-refractivity contribution in [2.24, 2.45) is 5.10 Å². The second kappa shape index (κ2) is 7.33. The summed E-state index contributed by atoms with van der Waals surface area (Å²) in [5.41, 5.74) is 3.87. The number of hydrazone groups is 1. The summed E-state index contributed by atoms with van der Waals surface area (Å²) >= 11 is 5.19. The Hall–Kier alpha value is -1.98. The van der Waals surface area contributed by atoms with Gasteiger partial charge in [-0.05, 0) is 47.5 Å². The molecule has 2 N–H and O–H groups in total. The monoisotopic (exact) mass is 313 g/mol. The molecule has 1 atom stereocenters. The molecule has 22 heavy (non-hydrogen) atoms. The van der Waals surface area contributed by atoms with Gasteiger partial charge in [-0.3, -0.25) is 5.43 Å². The third-order valence-electron chi connectivity index (χ3n) is 3.67. The van der Waals surface area contributed by atoms with Crippen molar-refractivity contribution in [2.75, 3.05) is 13.2 Å². The van der Waals surface area contributed by atoms with Crippen LogP contribution in [-0.2, 0) is 4.74 Å². The fourth-order valence-electron chi connectivity index (χ4n) is 2.50. The number of hydrogen-bond donors (Lipinski definition) is 2. The van der Waals surface area contributed by atoms with E-state index in [1.807, 2.05) is 18.2 Å².